The summed E-state index contributed by atoms with van der Waals surface area (Å²) in [5, 5.41) is 0. The molecule has 0 spiro atoms. The van der Waals surface area contributed by atoms with Crippen molar-refractivity contribution in [3.63, 3.8) is 0 Å². The van der Waals surface area contributed by atoms with E-state index in [1.54, 1.807) is 43.3 Å². The number of hydrogen-bond donors (Lipinski definition) is 1. The zero-order valence-electron chi connectivity index (χ0n) is 15.5. The number of carbonyl (C=O) groups excluding carboxylic acids is 2. The summed E-state index contributed by atoms with van der Waals surface area (Å²) in [6, 6.07) is 10.7. The molecule has 2 N–H and O–H groups in total. The largest absolute Gasteiger partial charge is 0.496 e. The van der Waals surface area contributed by atoms with Gasteiger partial charge >= 0.3 is 0 Å². The number of rotatable bonds is 7. The number of aryl methyl sites for hydroxylation is 2. The van der Waals surface area contributed by atoms with Gasteiger partial charge in [-0.3, -0.25) is 9.59 Å². The van der Waals surface area contributed by atoms with Gasteiger partial charge < -0.3 is 20.1 Å². The molecule has 0 heterocycles. The number of hydrogen-bond acceptors (Lipinski definition) is 4. The lowest BCUT2D eigenvalue weighted by Gasteiger charge is -2.19. The van der Waals surface area contributed by atoms with Gasteiger partial charge in [-0.2, -0.15) is 0 Å². The first-order valence-electron chi connectivity index (χ1n) is 8.22. The summed E-state index contributed by atoms with van der Waals surface area (Å²) in [7, 11) is 3.41. The van der Waals surface area contributed by atoms with Crippen molar-refractivity contribution in [1.82, 2.24) is 4.90 Å². The zero-order chi connectivity index (χ0) is 19.3. The van der Waals surface area contributed by atoms with Crippen LogP contribution in [0.5, 0.6) is 11.5 Å². The third-order valence-electron chi connectivity index (χ3n) is 3.97. The topological polar surface area (TPSA) is 81.9 Å². The molecule has 0 aliphatic rings. The normalized spacial score (nSPS) is 10.3. The highest BCUT2D eigenvalue weighted by atomic mass is 16.5. The van der Waals surface area contributed by atoms with Crippen molar-refractivity contribution >= 4 is 11.8 Å². The maximum Gasteiger partial charge on any atom is 0.255 e. The second-order valence-corrected chi connectivity index (χ2v) is 6.20. The molecule has 0 radical (unpaired) electrons. The summed E-state index contributed by atoms with van der Waals surface area (Å²) < 4.78 is 10.6. The van der Waals surface area contributed by atoms with Gasteiger partial charge in [0.15, 0.2) is 6.61 Å². The fraction of sp³-hybridized carbons (Fsp3) is 0.300. The molecular formula is C20H24N2O4. The SMILES string of the molecule is COc1c(C)cc(CN(C)C(=O)c2ccc(OCC(N)=O)cc2)cc1C. The molecular weight excluding hydrogens is 332 g/mol. The minimum Gasteiger partial charge on any atom is -0.496 e. The van der Waals surface area contributed by atoms with Gasteiger partial charge in [0.05, 0.1) is 7.11 Å². The Hall–Kier alpha value is -3.02. The molecule has 2 rings (SSSR count). The minimum absolute atomic E-state index is 0.0995. The molecule has 0 saturated heterocycles. The number of nitrogens with zero attached hydrogens (tertiary/aromatic N) is 1. The predicted octanol–water partition coefficient (Wildman–Crippen LogP) is 2.45. The van der Waals surface area contributed by atoms with E-state index in [1.807, 2.05) is 26.0 Å². The van der Waals surface area contributed by atoms with Gasteiger partial charge in [-0.05, 0) is 54.8 Å². The Labute approximate surface area is 153 Å². The highest BCUT2D eigenvalue weighted by Crippen LogP contribution is 2.25. The van der Waals surface area contributed by atoms with Crippen LogP contribution >= 0.6 is 0 Å². The Kier molecular flexibility index (Phi) is 6.22. The van der Waals surface area contributed by atoms with Crippen LogP contribution in [0.1, 0.15) is 27.0 Å². The number of carbonyl (C=O) groups is 2. The molecule has 6 heteroatoms. The lowest BCUT2D eigenvalue weighted by Crippen LogP contribution is -2.26. The summed E-state index contributed by atoms with van der Waals surface area (Å²) in [4.78, 5) is 25.0. The van der Waals surface area contributed by atoms with Crippen molar-refractivity contribution in [3.8, 4) is 11.5 Å². The summed E-state index contributed by atoms with van der Waals surface area (Å²) in [6.07, 6.45) is 0. The quantitative estimate of drug-likeness (QED) is 0.826. The summed E-state index contributed by atoms with van der Waals surface area (Å²) in [5.41, 5.74) is 8.70. The monoisotopic (exact) mass is 356 g/mol. The third kappa shape index (κ3) is 4.75. The highest BCUT2D eigenvalue weighted by molar-refractivity contribution is 5.94. The van der Waals surface area contributed by atoms with E-state index >= 15 is 0 Å². The van der Waals surface area contributed by atoms with Crippen LogP contribution in [-0.2, 0) is 11.3 Å². The second-order valence-electron chi connectivity index (χ2n) is 6.20. The molecule has 2 aromatic carbocycles. The summed E-state index contributed by atoms with van der Waals surface area (Å²) in [5.74, 6) is 0.714. The van der Waals surface area contributed by atoms with Crippen molar-refractivity contribution in [1.29, 1.82) is 0 Å². The molecule has 0 bridgehead atoms. The van der Waals surface area contributed by atoms with Crippen molar-refractivity contribution in [2.24, 2.45) is 5.73 Å². The number of methoxy groups -OCH3 is 1. The van der Waals surface area contributed by atoms with Crippen LogP contribution < -0.4 is 15.2 Å². The van der Waals surface area contributed by atoms with E-state index < -0.39 is 5.91 Å². The molecule has 2 aromatic rings. The van der Waals surface area contributed by atoms with E-state index in [4.69, 9.17) is 15.2 Å². The Bertz CT molecular complexity index is 777. The van der Waals surface area contributed by atoms with Gasteiger partial charge in [0, 0.05) is 19.2 Å². The Morgan fingerprint density at radius 3 is 2.15 bits per heavy atom. The van der Waals surface area contributed by atoms with E-state index in [0.717, 1.165) is 22.4 Å². The Morgan fingerprint density at radius 2 is 1.65 bits per heavy atom. The molecule has 6 nitrogen and oxygen atoms in total. The third-order valence-corrected chi connectivity index (χ3v) is 3.97. The number of nitrogens with two attached hydrogens (primary N) is 1. The predicted molar refractivity (Wildman–Crippen MR) is 99.4 cm³/mol. The number of ether oxygens (including phenoxy) is 2. The van der Waals surface area contributed by atoms with E-state index in [9.17, 15) is 9.59 Å². The smallest absolute Gasteiger partial charge is 0.255 e. The van der Waals surface area contributed by atoms with Crippen molar-refractivity contribution < 1.29 is 19.1 Å². The molecule has 26 heavy (non-hydrogen) atoms. The van der Waals surface area contributed by atoms with Crippen LogP contribution in [0.3, 0.4) is 0 Å². The number of amides is 2. The number of primary amides is 1. The first kappa shape index (κ1) is 19.3. The fourth-order valence-corrected chi connectivity index (χ4v) is 2.87. The Morgan fingerprint density at radius 1 is 1.08 bits per heavy atom. The van der Waals surface area contributed by atoms with Gasteiger partial charge in [0.25, 0.3) is 11.8 Å². The summed E-state index contributed by atoms with van der Waals surface area (Å²) in [6.45, 7) is 4.28. The molecule has 0 aromatic heterocycles. The van der Waals surface area contributed by atoms with Crippen molar-refractivity contribution in [2.75, 3.05) is 20.8 Å². The van der Waals surface area contributed by atoms with Crippen LogP contribution in [0.2, 0.25) is 0 Å². The second kappa shape index (κ2) is 8.38. The zero-order valence-corrected chi connectivity index (χ0v) is 15.5. The first-order chi connectivity index (χ1) is 12.3. The Balaban J connectivity index is 2.06. The maximum atomic E-state index is 12.6. The van der Waals surface area contributed by atoms with Gasteiger partial charge in [-0.15, -0.1) is 0 Å². The molecule has 0 fully saturated rings. The van der Waals surface area contributed by atoms with Crippen LogP contribution in [0, 0.1) is 13.8 Å². The maximum absolute atomic E-state index is 12.6. The molecule has 0 atom stereocenters. The van der Waals surface area contributed by atoms with E-state index in [2.05, 4.69) is 0 Å². The molecule has 138 valence electrons. The van der Waals surface area contributed by atoms with Gasteiger partial charge in [-0.1, -0.05) is 12.1 Å². The average molecular weight is 356 g/mol. The van der Waals surface area contributed by atoms with Gasteiger partial charge in [-0.25, -0.2) is 0 Å². The standard InChI is InChI=1S/C20H24N2O4/c1-13-9-15(10-14(2)19(13)25-4)11-22(3)20(24)16-5-7-17(8-6-16)26-12-18(21)23/h5-10H,11-12H2,1-4H3,(H2,21,23). The molecule has 0 aliphatic carbocycles. The van der Waals surface area contributed by atoms with Crippen molar-refractivity contribution in [3.05, 3.63) is 58.7 Å². The fourth-order valence-electron chi connectivity index (χ4n) is 2.87. The highest BCUT2D eigenvalue weighted by Gasteiger charge is 2.14. The molecule has 0 unspecified atom stereocenters. The van der Waals surface area contributed by atoms with Crippen molar-refractivity contribution in [2.45, 2.75) is 20.4 Å². The van der Waals surface area contributed by atoms with E-state index in [1.165, 1.54) is 0 Å². The molecule has 2 amide bonds. The molecule has 0 saturated carbocycles. The van der Waals surface area contributed by atoms with Gasteiger partial charge in [0.1, 0.15) is 11.5 Å². The lowest BCUT2D eigenvalue weighted by molar-refractivity contribution is -0.119. The van der Waals surface area contributed by atoms with Crippen LogP contribution in [0.4, 0.5) is 0 Å². The average Bonchev–Trinajstić information content (AvgIpc) is 2.59. The van der Waals surface area contributed by atoms with Gasteiger partial charge in [0.2, 0.25) is 0 Å². The first-order valence-corrected chi connectivity index (χ1v) is 8.22. The van der Waals surface area contributed by atoms with E-state index in [-0.39, 0.29) is 12.5 Å². The minimum atomic E-state index is -0.546. The van der Waals surface area contributed by atoms with Crippen LogP contribution in [0.25, 0.3) is 0 Å². The summed E-state index contributed by atoms with van der Waals surface area (Å²) >= 11 is 0. The number of benzene rings is 2. The van der Waals surface area contributed by atoms with Crippen LogP contribution in [-0.4, -0.2) is 37.5 Å². The van der Waals surface area contributed by atoms with E-state index in [0.29, 0.717) is 17.9 Å². The lowest BCUT2D eigenvalue weighted by atomic mass is 10.0. The van der Waals surface area contributed by atoms with Crippen LogP contribution in [0.15, 0.2) is 36.4 Å². The molecule has 0 aliphatic heterocycles.